The SMILES string of the molecule is COc1ccc(C2C(CN)OCCN2C)c2ccccc12. The summed E-state index contributed by atoms with van der Waals surface area (Å²) in [7, 11) is 3.84. The van der Waals surface area contributed by atoms with E-state index < -0.39 is 0 Å². The molecule has 2 atom stereocenters. The monoisotopic (exact) mass is 286 g/mol. The minimum Gasteiger partial charge on any atom is -0.496 e. The fraction of sp³-hybridized carbons (Fsp3) is 0.412. The molecule has 1 saturated heterocycles. The highest BCUT2D eigenvalue weighted by Crippen LogP contribution is 2.36. The summed E-state index contributed by atoms with van der Waals surface area (Å²) in [6.45, 7) is 2.18. The van der Waals surface area contributed by atoms with Crippen LogP contribution in [0.3, 0.4) is 0 Å². The van der Waals surface area contributed by atoms with Gasteiger partial charge in [0.15, 0.2) is 0 Å². The average Bonchev–Trinajstić information content (AvgIpc) is 2.54. The van der Waals surface area contributed by atoms with Crippen LogP contribution in [0.25, 0.3) is 10.8 Å². The van der Waals surface area contributed by atoms with E-state index >= 15 is 0 Å². The van der Waals surface area contributed by atoms with E-state index in [0.29, 0.717) is 6.54 Å². The van der Waals surface area contributed by atoms with Gasteiger partial charge in [0, 0.05) is 18.5 Å². The van der Waals surface area contributed by atoms with Crippen LogP contribution >= 0.6 is 0 Å². The Morgan fingerprint density at radius 1 is 1.24 bits per heavy atom. The zero-order chi connectivity index (χ0) is 14.8. The molecular weight excluding hydrogens is 264 g/mol. The summed E-state index contributed by atoms with van der Waals surface area (Å²) in [5.74, 6) is 0.901. The molecule has 3 rings (SSSR count). The lowest BCUT2D eigenvalue weighted by Gasteiger charge is -2.39. The lowest BCUT2D eigenvalue weighted by molar-refractivity contribution is -0.0571. The van der Waals surface area contributed by atoms with Gasteiger partial charge in [-0.25, -0.2) is 0 Å². The van der Waals surface area contributed by atoms with Gasteiger partial charge in [0.2, 0.25) is 0 Å². The molecule has 0 spiro atoms. The standard InChI is InChI=1S/C17H22N2O2/c1-19-9-10-21-16(11-18)17(19)14-7-8-15(20-2)13-6-4-3-5-12(13)14/h3-8,16-17H,9-11,18H2,1-2H3. The summed E-state index contributed by atoms with van der Waals surface area (Å²) in [6, 6.07) is 12.7. The summed E-state index contributed by atoms with van der Waals surface area (Å²) in [5.41, 5.74) is 7.17. The molecule has 0 aromatic heterocycles. The van der Waals surface area contributed by atoms with Crippen molar-refractivity contribution in [3.05, 3.63) is 42.0 Å². The Labute approximate surface area is 125 Å². The third-order valence-corrected chi connectivity index (χ3v) is 4.29. The van der Waals surface area contributed by atoms with Crippen LogP contribution in [0.4, 0.5) is 0 Å². The van der Waals surface area contributed by atoms with Crippen LogP contribution in [-0.2, 0) is 4.74 Å². The number of nitrogens with zero attached hydrogens (tertiary/aromatic N) is 1. The zero-order valence-corrected chi connectivity index (χ0v) is 12.6. The Morgan fingerprint density at radius 3 is 2.71 bits per heavy atom. The number of rotatable bonds is 3. The number of ether oxygens (including phenoxy) is 2. The topological polar surface area (TPSA) is 47.7 Å². The predicted octanol–water partition coefficient (Wildman–Crippen LogP) is 2.18. The molecule has 4 nitrogen and oxygen atoms in total. The van der Waals surface area contributed by atoms with E-state index in [-0.39, 0.29) is 12.1 Å². The molecule has 0 radical (unpaired) electrons. The highest BCUT2D eigenvalue weighted by molar-refractivity contribution is 5.91. The number of nitrogens with two attached hydrogens (primary N) is 1. The molecule has 21 heavy (non-hydrogen) atoms. The Morgan fingerprint density at radius 2 is 2.00 bits per heavy atom. The first-order valence-corrected chi connectivity index (χ1v) is 7.33. The van der Waals surface area contributed by atoms with E-state index in [4.69, 9.17) is 15.2 Å². The van der Waals surface area contributed by atoms with Gasteiger partial charge in [-0.15, -0.1) is 0 Å². The molecule has 0 bridgehead atoms. The Balaban J connectivity index is 2.15. The Kier molecular flexibility index (Phi) is 4.10. The summed E-state index contributed by atoms with van der Waals surface area (Å²) >= 11 is 0. The van der Waals surface area contributed by atoms with Crippen LogP contribution in [0.5, 0.6) is 5.75 Å². The van der Waals surface area contributed by atoms with E-state index in [9.17, 15) is 0 Å². The zero-order valence-electron chi connectivity index (χ0n) is 12.6. The smallest absolute Gasteiger partial charge is 0.126 e. The van der Waals surface area contributed by atoms with E-state index in [1.807, 2.05) is 12.1 Å². The molecule has 2 aromatic rings. The first-order chi connectivity index (χ1) is 10.3. The first-order valence-electron chi connectivity index (χ1n) is 7.33. The van der Waals surface area contributed by atoms with Crippen LogP contribution in [0.2, 0.25) is 0 Å². The summed E-state index contributed by atoms with van der Waals surface area (Å²) < 4.78 is 11.4. The maximum atomic E-state index is 5.92. The van der Waals surface area contributed by atoms with Gasteiger partial charge in [-0.1, -0.05) is 30.3 Å². The predicted molar refractivity (Wildman–Crippen MR) is 84.7 cm³/mol. The largest absolute Gasteiger partial charge is 0.496 e. The number of benzene rings is 2. The number of hydrogen-bond acceptors (Lipinski definition) is 4. The van der Waals surface area contributed by atoms with Crippen molar-refractivity contribution in [2.45, 2.75) is 12.1 Å². The van der Waals surface area contributed by atoms with Gasteiger partial charge in [0.1, 0.15) is 5.75 Å². The van der Waals surface area contributed by atoms with Crippen molar-refractivity contribution in [1.82, 2.24) is 4.90 Å². The lowest BCUT2D eigenvalue weighted by atomic mass is 9.93. The van der Waals surface area contributed by atoms with Crippen LogP contribution in [0.1, 0.15) is 11.6 Å². The maximum Gasteiger partial charge on any atom is 0.126 e. The second-order valence-electron chi connectivity index (χ2n) is 5.47. The van der Waals surface area contributed by atoms with Crippen molar-refractivity contribution >= 4 is 10.8 Å². The van der Waals surface area contributed by atoms with Crippen LogP contribution in [0.15, 0.2) is 36.4 Å². The van der Waals surface area contributed by atoms with Gasteiger partial charge in [0.25, 0.3) is 0 Å². The second kappa shape index (κ2) is 6.02. The van der Waals surface area contributed by atoms with Crippen molar-refractivity contribution in [2.75, 3.05) is 33.9 Å². The summed E-state index contributed by atoms with van der Waals surface area (Å²) in [4.78, 5) is 2.33. The van der Waals surface area contributed by atoms with E-state index in [0.717, 1.165) is 24.3 Å². The second-order valence-corrected chi connectivity index (χ2v) is 5.47. The van der Waals surface area contributed by atoms with Gasteiger partial charge in [-0.3, -0.25) is 4.90 Å². The minimum atomic E-state index is 0.0283. The van der Waals surface area contributed by atoms with Gasteiger partial charge >= 0.3 is 0 Å². The van der Waals surface area contributed by atoms with Gasteiger partial charge in [0.05, 0.1) is 25.9 Å². The molecule has 2 N–H and O–H groups in total. The van der Waals surface area contributed by atoms with Crippen LogP contribution < -0.4 is 10.5 Å². The number of hydrogen-bond donors (Lipinski definition) is 1. The van der Waals surface area contributed by atoms with Crippen LogP contribution in [0, 0.1) is 0 Å². The summed E-state index contributed by atoms with van der Waals surface area (Å²) in [6.07, 6.45) is 0.0283. The van der Waals surface area contributed by atoms with Gasteiger partial charge in [-0.05, 0) is 24.1 Å². The van der Waals surface area contributed by atoms with Crippen molar-refractivity contribution in [1.29, 1.82) is 0 Å². The fourth-order valence-electron chi connectivity index (χ4n) is 3.23. The van der Waals surface area contributed by atoms with Gasteiger partial charge < -0.3 is 15.2 Å². The van der Waals surface area contributed by atoms with Crippen LogP contribution in [-0.4, -0.2) is 44.9 Å². The quantitative estimate of drug-likeness (QED) is 0.939. The normalized spacial score (nSPS) is 23.4. The highest BCUT2D eigenvalue weighted by atomic mass is 16.5. The number of methoxy groups -OCH3 is 1. The number of likely N-dealkylation sites (N-methyl/N-ethyl adjacent to an activating group) is 1. The van der Waals surface area contributed by atoms with Crippen molar-refractivity contribution < 1.29 is 9.47 Å². The number of fused-ring (bicyclic) bond motifs is 1. The van der Waals surface area contributed by atoms with Crippen molar-refractivity contribution in [2.24, 2.45) is 5.73 Å². The van der Waals surface area contributed by atoms with E-state index in [1.165, 1.54) is 10.9 Å². The Hall–Kier alpha value is -1.62. The third-order valence-electron chi connectivity index (χ3n) is 4.29. The van der Waals surface area contributed by atoms with E-state index in [2.05, 4.69) is 36.2 Å². The molecule has 1 aliphatic heterocycles. The third kappa shape index (κ3) is 2.50. The molecule has 112 valence electrons. The van der Waals surface area contributed by atoms with Gasteiger partial charge in [-0.2, -0.15) is 0 Å². The Bertz CT molecular complexity index is 629. The van der Waals surface area contributed by atoms with Crippen molar-refractivity contribution in [3.63, 3.8) is 0 Å². The molecule has 2 unspecified atom stereocenters. The summed E-state index contributed by atoms with van der Waals surface area (Å²) in [5, 5.41) is 2.34. The molecule has 2 aromatic carbocycles. The molecule has 4 heteroatoms. The molecule has 1 fully saturated rings. The fourth-order valence-corrected chi connectivity index (χ4v) is 3.23. The highest BCUT2D eigenvalue weighted by Gasteiger charge is 2.31. The molecule has 0 aliphatic carbocycles. The molecule has 0 saturated carbocycles. The van der Waals surface area contributed by atoms with Crippen molar-refractivity contribution in [3.8, 4) is 5.75 Å². The molecule has 0 amide bonds. The molecule has 1 heterocycles. The average molecular weight is 286 g/mol. The van der Waals surface area contributed by atoms with E-state index in [1.54, 1.807) is 7.11 Å². The lowest BCUT2D eigenvalue weighted by Crippen LogP contribution is -2.46. The minimum absolute atomic E-state index is 0.0283. The first kappa shape index (κ1) is 14.3. The molecule has 1 aliphatic rings. The molecular formula is C17H22N2O2. The number of morpholine rings is 1. The maximum absolute atomic E-state index is 5.92.